The molecule has 0 spiro atoms. The van der Waals surface area contributed by atoms with Gasteiger partial charge in [-0.2, -0.15) is 0 Å². The van der Waals surface area contributed by atoms with E-state index in [-0.39, 0.29) is 0 Å². The lowest BCUT2D eigenvalue weighted by molar-refractivity contribution is 0.185. The van der Waals surface area contributed by atoms with E-state index in [2.05, 4.69) is 37.7 Å². The highest BCUT2D eigenvalue weighted by atomic mass is 15.1. The van der Waals surface area contributed by atoms with Crippen molar-refractivity contribution in [2.24, 2.45) is 5.92 Å². The molecule has 1 rings (SSSR count). The van der Waals surface area contributed by atoms with Crippen molar-refractivity contribution in [3.8, 4) is 0 Å². The molecule has 1 aliphatic heterocycles. The molecule has 2 heteroatoms. The summed E-state index contributed by atoms with van der Waals surface area (Å²) in [4.78, 5) is 4.90. The number of rotatable bonds is 4. The molecule has 0 unspecified atom stereocenters. The fraction of sp³-hybridized carbons (Fsp3) is 1.00. The van der Waals surface area contributed by atoms with Crippen molar-refractivity contribution in [1.29, 1.82) is 0 Å². The normalized spacial score (nSPS) is 21.0. The first-order valence-corrected chi connectivity index (χ1v) is 5.98. The molecule has 0 N–H and O–H groups in total. The lowest BCUT2D eigenvalue weighted by atomic mass is 9.93. The molecule has 0 saturated carbocycles. The molecule has 1 heterocycles. The number of hydrogen-bond acceptors (Lipinski definition) is 2. The number of nitrogens with zero attached hydrogens (tertiary/aromatic N) is 2. The summed E-state index contributed by atoms with van der Waals surface area (Å²) < 4.78 is 0. The average molecular weight is 198 g/mol. The molecule has 1 saturated heterocycles. The maximum atomic E-state index is 2.46. The van der Waals surface area contributed by atoms with Crippen LogP contribution < -0.4 is 0 Å². The Balaban J connectivity index is 2.13. The van der Waals surface area contributed by atoms with Gasteiger partial charge in [0.25, 0.3) is 0 Å². The van der Waals surface area contributed by atoms with Gasteiger partial charge in [-0.05, 0) is 72.8 Å². The van der Waals surface area contributed by atoms with Crippen molar-refractivity contribution in [2.75, 3.05) is 33.7 Å². The molecule has 1 fully saturated rings. The largest absolute Gasteiger partial charge is 0.306 e. The zero-order valence-corrected chi connectivity index (χ0v) is 10.3. The second-order valence-corrected chi connectivity index (χ2v) is 5.11. The Morgan fingerprint density at radius 3 is 2.36 bits per heavy atom. The van der Waals surface area contributed by atoms with Crippen molar-refractivity contribution < 1.29 is 0 Å². The third-order valence-corrected chi connectivity index (χ3v) is 3.61. The molecule has 0 amide bonds. The lowest BCUT2D eigenvalue weighted by Gasteiger charge is -2.30. The minimum atomic E-state index is 0.696. The van der Waals surface area contributed by atoms with Crippen LogP contribution in [-0.4, -0.2) is 49.6 Å². The first-order chi connectivity index (χ1) is 6.59. The molecule has 0 bridgehead atoms. The zero-order valence-electron chi connectivity index (χ0n) is 10.3. The fourth-order valence-electron chi connectivity index (χ4n) is 2.00. The van der Waals surface area contributed by atoms with Gasteiger partial charge in [-0.25, -0.2) is 0 Å². The van der Waals surface area contributed by atoms with Gasteiger partial charge in [0.1, 0.15) is 0 Å². The van der Waals surface area contributed by atoms with E-state index < -0.39 is 0 Å². The number of piperidine rings is 1. The van der Waals surface area contributed by atoms with Crippen molar-refractivity contribution in [3.63, 3.8) is 0 Å². The van der Waals surface area contributed by atoms with Crippen LogP contribution >= 0.6 is 0 Å². The molecule has 14 heavy (non-hydrogen) atoms. The monoisotopic (exact) mass is 198 g/mol. The summed E-state index contributed by atoms with van der Waals surface area (Å²) in [5.41, 5.74) is 0. The highest BCUT2D eigenvalue weighted by Gasteiger charge is 2.17. The van der Waals surface area contributed by atoms with Gasteiger partial charge in [0, 0.05) is 6.04 Å². The molecule has 2 nitrogen and oxygen atoms in total. The Morgan fingerprint density at radius 2 is 1.86 bits per heavy atom. The summed E-state index contributed by atoms with van der Waals surface area (Å²) in [6.07, 6.45) is 4.20. The summed E-state index contributed by atoms with van der Waals surface area (Å²) in [7, 11) is 4.47. The zero-order chi connectivity index (χ0) is 10.6. The smallest absolute Gasteiger partial charge is 0.00355 e. The summed E-state index contributed by atoms with van der Waals surface area (Å²) >= 11 is 0. The molecule has 1 aliphatic rings. The maximum absolute atomic E-state index is 2.46. The van der Waals surface area contributed by atoms with Crippen LogP contribution in [-0.2, 0) is 0 Å². The van der Waals surface area contributed by atoms with E-state index >= 15 is 0 Å². The maximum Gasteiger partial charge on any atom is 0.00355 e. The van der Waals surface area contributed by atoms with Crippen molar-refractivity contribution in [3.05, 3.63) is 0 Å². The summed E-state index contributed by atoms with van der Waals surface area (Å²) in [6, 6.07) is 0.696. The third-order valence-electron chi connectivity index (χ3n) is 3.61. The van der Waals surface area contributed by atoms with E-state index in [0.29, 0.717) is 6.04 Å². The molecule has 0 aliphatic carbocycles. The molecular formula is C12H26N2. The van der Waals surface area contributed by atoms with Crippen LogP contribution in [0.15, 0.2) is 0 Å². The van der Waals surface area contributed by atoms with Crippen LogP contribution in [0.1, 0.15) is 33.1 Å². The Kier molecular flexibility index (Phi) is 4.90. The predicted molar refractivity (Wildman–Crippen MR) is 62.6 cm³/mol. The standard InChI is InChI=1S/C12H26N2/c1-11(2)14(4)10-7-12-5-8-13(3)9-6-12/h11-12H,5-10H2,1-4H3. The van der Waals surface area contributed by atoms with E-state index in [1.54, 1.807) is 0 Å². The van der Waals surface area contributed by atoms with Crippen LogP contribution in [0.25, 0.3) is 0 Å². The van der Waals surface area contributed by atoms with Crippen LogP contribution in [0.3, 0.4) is 0 Å². The first kappa shape index (κ1) is 12.0. The van der Waals surface area contributed by atoms with Gasteiger partial charge < -0.3 is 9.80 Å². The van der Waals surface area contributed by atoms with Gasteiger partial charge in [-0.15, -0.1) is 0 Å². The fourth-order valence-corrected chi connectivity index (χ4v) is 2.00. The van der Waals surface area contributed by atoms with E-state index in [4.69, 9.17) is 0 Å². The SMILES string of the molecule is CC(C)N(C)CCC1CCN(C)CC1. The van der Waals surface area contributed by atoms with Gasteiger partial charge >= 0.3 is 0 Å². The molecule has 0 atom stereocenters. The van der Waals surface area contributed by atoms with E-state index in [0.717, 1.165) is 5.92 Å². The Morgan fingerprint density at radius 1 is 1.29 bits per heavy atom. The van der Waals surface area contributed by atoms with Crippen LogP contribution in [0.4, 0.5) is 0 Å². The van der Waals surface area contributed by atoms with Gasteiger partial charge in [0.2, 0.25) is 0 Å². The second kappa shape index (κ2) is 5.72. The molecule has 0 aromatic carbocycles. The predicted octanol–water partition coefficient (Wildman–Crippen LogP) is 2.06. The Bertz CT molecular complexity index is 148. The summed E-state index contributed by atoms with van der Waals surface area (Å²) in [5, 5.41) is 0. The molecular weight excluding hydrogens is 172 g/mol. The minimum Gasteiger partial charge on any atom is -0.306 e. The molecule has 0 aromatic heterocycles. The highest BCUT2D eigenvalue weighted by molar-refractivity contribution is 4.71. The van der Waals surface area contributed by atoms with Crippen molar-refractivity contribution >= 4 is 0 Å². The summed E-state index contributed by atoms with van der Waals surface area (Å²) in [5.74, 6) is 0.979. The Labute approximate surface area is 89.3 Å². The van der Waals surface area contributed by atoms with Crippen LogP contribution in [0, 0.1) is 5.92 Å². The quantitative estimate of drug-likeness (QED) is 0.682. The lowest BCUT2D eigenvalue weighted by Crippen LogP contribution is -2.33. The highest BCUT2D eigenvalue weighted by Crippen LogP contribution is 2.19. The van der Waals surface area contributed by atoms with Gasteiger partial charge in [0.05, 0.1) is 0 Å². The van der Waals surface area contributed by atoms with Gasteiger partial charge in [0.15, 0.2) is 0 Å². The van der Waals surface area contributed by atoms with Crippen LogP contribution in [0.5, 0.6) is 0 Å². The average Bonchev–Trinajstić information content (AvgIpc) is 2.16. The van der Waals surface area contributed by atoms with Crippen molar-refractivity contribution in [1.82, 2.24) is 9.80 Å². The van der Waals surface area contributed by atoms with Crippen molar-refractivity contribution in [2.45, 2.75) is 39.2 Å². The molecule has 0 aromatic rings. The second-order valence-electron chi connectivity index (χ2n) is 5.11. The van der Waals surface area contributed by atoms with E-state index in [1.165, 1.54) is 38.9 Å². The van der Waals surface area contributed by atoms with Crippen LogP contribution in [0.2, 0.25) is 0 Å². The van der Waals surface area contributed by atoms with Gasteiger partial charge in [-0.3, -0.25) is 0 Å². The number of likely N-dealkylation sites (tertiary alicyclic amines) is 1. The topological polar surface area (TPSA) is 6.48 Å². The van der Waals surface area contributed by atoms with E-state index in [9.17, 15) is 0 Å². The molecule has 84 valence electrons. The third kappa shape index (κ3) is 3.97. The molecule has 0 radical (unpaired) electrons. The minimum absolute atomic E-state index is 0.696. The number of hydrogen-bond donors (Lipinski definition) is 0. The van der Waals surface area contributed by atoms with Gasteiger partial charge in [-0.1, -0.05) is 0 Å². The Hall–Kier alpha value is -0.0800. The first-order valence-electron chi connectivity index (χ1n) is 5.98. The van der Waals surface area contributed by atoms with E-state index in [1.807, 2.05) is 0 Å². The summed E-state index contributed by atoms with van der Waals surface area (Å²) in [6.45, 7) is 8.42.